The molecule has 1 aliphatic carbocycles. The minimum Gasteiger partial charge on any atom is -0.337 e. The summed E-state index contributed by atoms with van der Waals surface area (Å²) in [6, 6.07) is 0. The van der Waals surface area contributed by atoms with Crippen molar-refractivity contribution in [3.05, 3.63) is 11.7 Å². The molecule has 1 aliphatic rings. The molecule has 0 bridgehead atoms. The standard InChI is InChI=1S/C13H23N3O/c1-12(2,3)8-7-10-15-11(17-16-10)13(4,14)9-5-6-9/h9H,5-8,14H2,1-4H3. The smallest absolute Gasteiger partial charge is 0.246 e. The molecule has 1 fully saturated rings. The number of nitrogens with two attached hydrogens (primary N) is 1. The quantitative estimate of drug-likeness (QED) is 0.874. The Hall–Kier alpha value is -0.900. The molecule has 2 rings (SSSR count). The van der Waals surface area contributed by atoms with E-state index in [-0.39, 0.29) is 0 Å². The van der Waals surface area contributed by atoms with Crippen molar-refractivity contribution in [1.29, 1.82) is 0 Å². The molecule has 96 valence electrons. The van der Waals surface area contributed by atoms with E-state index in [2.05, 4.69) is 30.9 Å². The normalized spacial score (nSPS) is 20.3. The predicted octanol–water partition coefficient (Wildman–Crippen LogP) is 2.63. The lowest BCUT2D eigenvalue weighted by Crippen LogP contribution is -2.35. The van der Waals surface area contributed by atoms with Crippen LogP contribution in [0, 0.1) is 11.3 Å². The maximum Gasteiger partial charge on any atom is 0.246 e. The van der Waals surface area contributed by atoms with Gasteiger partial charge in [0, 0.05) is 6.42 Å². The lowest BCUT2D eigenvalue weighted by atomic mass is 9.90. The first-order valence-corrected chi connectivity index (χ1v) is 6.41. The van der Waals surface area contributed by atoms with E-state index in [4.69, 9.17) is 10.3 Å². The van der Waals surface area contributed by atoms with Gasteiger partial charge in [0.25, 0.3) is 0 Å². The number of aryl methyl sites for hydroxylation is 1. The van der Waals surface area contributed by atoms with E-state index < -0.39 is 5.54 Å². The van der Waals surface area contributed by atoms with Crippen LogP contribution in [0.25, 0.3) is 0 Å². The molecule has 0 saturated heterocycles. The van der Waals surface area contributed by atoms with Crippen molar-refractivity contribution in [3.8, 4) is 0 Å². The zero-order valence-electron chi connectivity index (χ0n) is 11.3. The van der Waals surface area contributed by atoms with Gasteiger partial charge in [0.05, 0.1) is 5.54 Å². The van der Waals surface area contributed by atoms with E-state index in [1.54, 1.807) is 0 Å². The Balaban J connectivity index is 2.00. The second-order valence-electron chi connectivity index (χ2n) is 6.63. The van der Waals surface area contributed by atoms with Crippen molar-refractivity contribution in [3.63, 3.8) is 0 Å². The third-order valence-electron chi connectivity index (χ3n) is 3.45. The van der Waals surface area contributed by atoms with E-state index in [9.17, 15) is 0 Å². The van der Waals surface area contributed by atoms with Gasteiger partial charge in [-0.15, -0.1) is 0 Å². The van der Waals surface area contributed by atoms with Crippen molar-refractivity contribution < 1.29 is 4.52 Å². The molecule has 1 saturated carbocycles. The maximum absolute atomic E-state index is 6.24. The summed E-state index contributed by atoms with van der Waals surface area (Å²) in [7, 11) is 0. The van der Waals surface area contributed by atoms with Gasteiger partial charge in [-0.2, -0.15) is 4.98 Å². The number of hydrogen-bond donors (Lipinski definition) is 1. The first-order chi connectivity index (χ1) is 7.79. The molecule has 0 spiro atoms. The Morgan fingerprint density at radius 2 is 1.94 bits per heavy atom. The Morgan fingerprint density at radius 3 is 2.47 bits per heavy atom. The average molecular weight is 237 g/mol. The van der Waals surface area contributed by atoms with Crippen LogP contribution in [-0.2, 0) is 12.0 Å². The van der Waals surface area contributed by atoms with Gasteiger partial charge in [-0.1, -0.05) is 25.9 Å². The molecule has 17 heavy (non-hydrogen) atoms. The monoisotopic (exact) mass is 237 g/mol. The van der Waals surface area contributed by atoms with Crippen molar-refractivity contribution in [2.45, 2.75) is 58.9 Å². The molecule has 2 N–H and O–H groups in total. The molecule has 1 aromatic heterocycles. The first-order valence-electron chi connectivity index (χ1n) is 6.41. The maximum atomic E-state index is 6.24. The summed E-state index contributed by atoms with van der Waals surface area (Å²) in [4.78, 5) is 4.44. The first kappa shape index (κ1) is 12.6. The highest BCUT2D eigenvalue weighted by Crippen LogP contribution is 2.43. The van der Waals surface area contributed by atoms with Gasteiger partial charge >= 0.3 is 0 Å². The van der Waals surface area contributed by atoms with E-state index in [1.165, 1.54) is 12.8 Å². The van der Waals surface area contributed by atoms with Gasteiger partial charge in [-0.05, 0) is 37.5 Å². The van der Waals surface area contributed by atoms with Crippen LogP contribution in [-0.4, -0.2) is 10.1 Å². The lowest BCUT2D eigenvalue weighted by molar-refractivity contribution is 0.271. The molecule has 0 radical (unpaired) electrons. The highest BCUT2D eigenvalue weighted by molar-refractivity contribution is 5.07. The molecule has 1 heterocycles. The number of nitrogens with zero attached hydrogens (tertiary/aromatic N) is 2. The van der Waals surface area contributed by atoms with Gasteiger partial charge in [0.1, 0.15) is 0 Å². The zero-order valence-corrected chi connectivity index (χ0v) is 11.3. The van der Waals surface area contributed by atoms with Gasteiger partial charge in [0.2, 0.25) is 5.89 Å². The van der Waals surface area contributed by atoms with Crippen LogP contribution >= 0.6 is 0 Å². The molecular formula is C13H23N3O. The minimum absolute atomic E-state index is 0.295. The third-order valence-corrected chi connectivity index (χ3v) is 3.45. The second-order valence-corrected chi connectivity index (χ2v) is 6.63. The number of hydrogen-bond acceptors (Lipinski definition) is 4. The van der Waals surface area contributed by atoms with Gasteiger partial charge in [-0.25, -0.2) is 0 Å². The van der Waals surface area contributed by atoms with Gasteiger partial charge in [-0.3, -0.25) is 0 Å². The van der Waals surface area contributed by atoms with Crippen molar-refractivity contribution >= 4 is 0 Å². The molecule has 0 aromatic carbocycles. The summed E-state index contributed by atoms with van der Waals surface area (Å²) in [6.45, 7) is 8.63. The summed E-state index contributed by atoms with van der Waals surface area (Å²) in [5.74, 6) is 1.90. The summed E-state index contributed by atoms with van der Waals surface area (Å²) in [6.07, 6.45) is 4.25. The third kappa shape index (κ3) is 3.06. The van der Waals surface area contributed by atoms with Gasteiger partial charge in [0.15, 0.2) is 5.82 Å². The number of rotatable bonds is 4. The van der Waals surface area contributed by atoms with E-state index in [1.807, 2.05) is 6.92 Å². The Kier molecular flexibility index (Phi) is 3.02. The molecule has 1 atom stereocenters. The predicted molar refractivity (Wildman–Crippen MR) is 66.3 cm³/mol. The Labute approximate surface area is 103 Å². The Bertz CT molecular complexity index is 386. The van der Waals surface area contributed by atoms with E-state index in [0.29, 0.717) is 17.2 Å². The summed E-state index contributed by atoms with van der Waals surface area (Å²) in [5, 5.41) is 4.03. The second kappa shape index (κ2) is 4.09. The van der Waals surface area contributed by atoms with Crippen molar-refractivity contribution in [2.75, 3.05) is 0 Å². The molecule has 1 aromatic rings. The Morgan fingerprint density at radius 1 is 1.29 bits per heavy atom. The molecule has 4 nitrogen and oxygen atoms in total. The SMILES string of the molecule is CC(C)(C)CCc1noc(C(C)(N)C2CC2)n1. The fourth-order valence-corrected chi connectivity index (χ4v) is 1.92. The lowest BCUT2D eigenvalue weighted by Gasteiger charge is -2.18. The molecule has 4 heteroatoms. The van der Waals surface area contributed by atoms with Gasteiger partial charge < -0.3 is 10.3 Å². The van der Waals surface area contributed by atoms with Crippen LogP contribution in [0.2, 0.25) is 0 Å². The fourth-order valence-electron chi connectivity index (χ4n) is 1.92. The average Bonchev–Trinajstić information content (AvgIpc) is 2.94. The highest BCUT2D eigenvalue weighted by atomic mass is 16.5. The largest absolute Gasteiger partial charge is 0.337 e. The van der Waals surface area contributed by atoms with Crippen molar-refractivity contribution in [2.24, 2.45) is 17.1 Å². The molecule has 0 aliphatic heterocycles. The van der Waals surface area contributed by atoms with E-state index >= 15 is 0 Å². The summed E-state index contributed by atoms with van der Waals surface area (Å²) in [5.41, 5.74) is 6.10. The van der Waals surface area contributed by atoms with E-state index in [0.717, 1.165) is 18.7 Å². The molecule has 1 unspecified atom stereocenters. The topological polar surface area (TPSA) is 64.9 Å². The van der Waals surface area contributed by atoms with Crippen LogP contribution in [0.15, 0.2) is 4.52 Å². The highest BCUT2D eigenvalue weighted by Gasteiger charge is 2.43. The minimum atomic E-state index is -0.438. The molecule has 0 amide bonds. The van der Waals surface area contributed by atoms with Crippen molar-refractivity contribution in [1.82, 2.24) is 10.1 Å². The van der Waals surface area contributed by atoms with Crippen LogP contribution < -0.4 is 5.73 Å². The molecular weight excluding hydrogens is 214 g/mol. The summed E-state index contributed by atoms with van der Waals surface area (Å²) >= 11 is 0. The zero-order chi connectivity index (χ0) is 12.7. The van der Waals surface area contributed by atoms with Crippen LogP contribution in [0.1, 0.15) is 58.7 Å². The summed E-state index contributed by atoms with van der Waals surface area (Å²) < 4.78 is 5.31. The fraction of sp³-hybridized carbons (Fsp3) is 0.846. The van der Waals surface area contributed by atoms with Crippen LogP contribution in [0.3, 0.4) is 0 Å². The van der Waals surface area contributed by atoms with Crippen LogP contribution in [0.5, 0.6) is 0 Å². The number of aromatic nitrogens is 2. The van der Waals surface area contributed by atoms with Crippen LogP contribution in [0.4, 0.5) is 0 Å².